The third kappa shape index (κ3) is 4.02. The standard InChI is InChI=1S/C11H15N3O2S2/c1-18(15,16)13-7-6-12-8-11-14-9-4-2-3-5-10(9)17-11/h2-5,12-13H,6-8H2,1H3. The summed E-state index contributed by atoms with van der Waals surface area (Å²) in [5.74, 6) is 0. The number of fused-ring (bicyclic) bond motifs is 1. The Morgan fingerprint density at radius 1 is 1.28 bits per heavy atom. The smallest absolute Gasteiger partial charge is 0.208 e. The van der Waals surface area contributed by atoms with Crippen LogP contribution in [0.4, 0.5) is 0 Å². The van der Waals surface area contributed by atoms with E-state index in [1.54, 1.807) is 11.3 Å². The van der Waals surface area contributed by atoms with Crippen molar-refractivity contribution in [3.05, 3.63) is 29.3 Å². The Kier molecular flexibility index (Phi) is 4.28. The SMILES string of the molecule is CS(=O)(=O)NCCNCc1nc2ccccc2s1. The molecule has 2 rings (SSSR count). The summed E-state index contributed by atoms with van der Waals surface area (Å²) in [5, 5.41) is 4.17. The Hall–Kier alpha value is -1.02. The van der Waals surface area contributed by atoms with E-state index in [2.05, 4.69) is 15.0 Å². The quantitative estimate of drug-likeness (QED) is 0.775. The zero-order valence-corrected chi connectivity index (χ0v) is 11.6. The van der Waals surface area contributed by atoms with Crippen LogP contribution in [0, 0.1) is 0 Å². The number of hydrogen-bond donors (Lipinski definition) is 2. The molecule has 1 heterocycles. The van der Waals surface area contributed by atoms with Crippen molar-refractivity contribution in [1.82, 2.24) is 15.0 Å². The largest absolute Gasteiger partial charge is 0.309 e. The molecule has 0 aliphatic carbocycles. The van der Waals surface area contributed by atoms with Crippen molar-refractivity contribution in [3.8, 4) is 0 Å². The number of nitrogens with one attached hydrogen (secondary N) is 2. The predicted octanol–water partition coefficient (Wildman–Crippen LogP) is 0.935. The van der Waals surface area contributed by atoms with Crippen LogP contribution in [0.1, 0.15) is 5.01 Å². The van der Waals surface area contributed by atoms with Crippen LogP contribution in [0.25, 0.3) is 10.2 Å². The fraction of sp³-hybridized carbons (Fsp3) is 0.364. The van der Waals surface area contributed by atoms with E-state index >= 15 is 0 Å². The van der Waals surface area contributed by atoms with Crippen molar-refractivity contribution in [2.45, 2.75) is 6.54 Å². The van der Waals surface area contributed by atoms with E-state index in [1.807, 2.05) is 24.3 Å². The summed E-state index contributed by atoms with van der Waals surface area (Å²) in [6.07, 6.45) is 1.15. The summed E-state index contributed by atoms with van der Waals surface area (Å²) in [5.41, 5.74) is 1.01. The molecule has 2 aromatic rings. The normalized spacial score (nSPS) is 12.1. The van der Waals surface area contributed by atoms with Gasteiger partial charge in [-0.25, -0.2) is 18.1 Å². The topological polar surface area (TPSA) is 71.1 Å². The van der Waals surface area contributed by atoms with E-state index in [9.17, 15) is 8.42 Å². The molecule has 0 aliphatic heterocycles. The molecule has 0 amide bonds. The molecule has 2 N–H and O–H groups in total. The highest BCUT2D eigenvalue weighted by molar-refractivity contribution is 7.88. The Bertz CT molecular complexity index is 589. The van der Waals surface area contributed by atoms with Crippen LogP contribution in [0.5, 0.6) is 0 Å². The van der Waals surface area contributed by atoms with E-state index in [1.165, 1.54) is 4.70 Å². The maximum Gasteiger partial charge on any atom is 0.208 e. The van der Waals surface area contributed by atoms with E-state index in [0.29, 0.717) is 19.6 Å². The Morgan fingerprint density at radius 2 is 2.06 bits per heavy atom. The van der Waals surface area contributed by atoms with Crippen molar-refractivity contribution in [3.63, 3.8) is 0 Å². The van der Waals surface area contributed by atoms with Crippen molar-refractivity contribution in [1.29, 1.82) is 0 Å². The predicted molar refractivity (Wildman–Crippen MR) is 74.2 cm³/mol. The second kappa shape index (κ2) is 5.75. The zero-order valence-electron chi connectivity index (χ0n) is 10.0. The van der Waals surface area contributed by atoms with E-state index < -0.39 is 10.0 Å². The molecule has 1 aromatic carbocycles. The first-order valence-electron chi connectivity index (χ1n) is 5.54. The first kappa shape index (κ1) is 13.4. The second-order valence-electron chi connectivity index (χ2n) is 3.92. The first-order valence-corrected chi connectivity index (χ1v) is 8.25. The van der Waals surface area contributed by atoms with Crippen LogP contribution in [0.3, 0.4) is 0 Å². The summed E-state index contributed by atoms with van der Waals surface area (Å²) in [4.78, 5) is 4.48. The van der Waals surface area contributed by atoms with Gasteiger partial charge in [0.05, 0.1) is 16.5 Å². The average molecular weight is 285 g/mol. The fourth-order valence-corrected chi connectivity index (χ4v) is 2.93. The van der Waals surface area contributed by atoms with Gasteiger partial charge < -0.3 is 5.32 Å². The van der Waals surface area contributed by atoms with Gasteiger partial charge in [0.1, 0.15) is 5.01 Å². The second-order valence-corrected chi connectivity index (χ2v) is 6.87. The summed E-state index contributed by atoms with van der Waals surface area (Å²) in [6.45, 7) is 1.64. The average Bonchev–Trinajstić information content (AvgIpc) is 2.69. The molecular weight excluding hydrogens is 270 g/mol. The van der Waals surface area contributed by atoms with Gasteiger partial charge in [-0.05, 0) is 12.1 Å². The minimum atomic E-state index is -3.09. The van der Waals surface area contributed by atoms with Gasteiger partial charge in [-0.3, -0.25) is 0 Å². The molecule has 5 nitrogen and oxygen atoms in total. The molecule has 0 spiro atoms. The van der Waals surface area contributed by atoms with Crippen molar-refractivity contribution < 1.29 is 8.42 Å². The van der Waals surface area contributed by atoms with Crippen LogP contribution in [-0.4, -0.2) is 32.7 Å². The molecule has 0 atom stereocenters. The fourth-order valence-electron chi connectivity index (χ4n) is 1.52. The molecule has 0 bridgehead atoms. The van der Waals surface area contributed by atoms with Crippen LogP contribution in [0.15, 0.2) is 24.3 Å². The number of aromatic nitrogens is 1. The van der Waals surface area contributed by atoms with Gasteiger partial charge in [0.2, 0.25) is 10.0 Å². The van der Waals surface area contributed by atoms with Crippen molar-refractivity contribution >= 4 is 31.6 Å². The lowest BCUT2D eigenvalue weighted by Gasteiger charge is -2.02. The molecule has 18 heavy (non-hydrogen) atoms. The van der Waals surface area contributed by atoms with Gasteiger partial charge in [-0.2, -0.15) is 0 Å². The Morgan fingerprint density at radius 3 is 2.78 bits per heavy atom. The molecule has 98 valence electrons. The van der Waals surface area contributed by atoms with Gasteiger partial charge in [0.25, 0.3) is 0 Å². The number of rotatable bonds is 6. The lowest BCUT2D eigenvalue weighted by molar-refractivity contribution is 0.581. The molecule has 0 saturated heterocycles. The van der Waals surface area contributed by atoms with Crippen molar-refractivity contribution in [2.75, 3.05) is 19.3 Å². The zero-order chi connectivity index (χ0) is 13.0. The lowest BCUT2D eigenvalue weighted by Crippen LogP contribution is -2.30. The minimum absolute atomic E-state index is 0.393. The molecule has 0 saturated carbocycles. The van der Waals surface area contributed by atoms with Gasteiger partial charge in [-0.15, -0.1) is 11.3 Å². The van der Waals surface area contributed by atoms with Gasteiger partial charge in [-0.1, -0.05) is 12.1 Å². The van der Waals surface area contributed by atoms with E-state index in [4.69, 9.17) is 0 Å². The Labute approximate surface area is 110 Å². The summed E-state index contributed by atoms with van der Waals surface area (Å²) in [7, 11) is -3.09. The monoisotopic (exact) mass is 285 g/mol. The van der Waals surface area contributed by atoms with Crippen LogP contribution in [0.2, 0.25) is 0 Å². The summed E-state index contributed by atoms with van der Waals surface area (Å²) in [6, 6.07) is 7.99. The van der Waals surface area contributed by atoms with Gasteiger partial charge in [0, 0.05) is 19.6 Å². The molecular formula is C11H15N3O2S2. The van der Waals surface area contributed by atoms with Crippen LogP contribution in [-0.2, 0) is 16.6 Å². The molecule has 0 unspecified atom stereocenters. The molecule has 7 heteroatoms. The van der Waals surface area contributed by atoms with Crippen molar-refractivity contribution in [2.24, 2.45) is 0 Å². The molecule has 0 radical (unpaired) electrons. The number of nitrogens with zero attached hydrogens (tertiary/aromatic N) is 1. The van der Waals surface area contributed by atoms with Gasteiger partial charge in [0.15, 0.2) is 0 Å². The number of para-hydroxylation sites is 1. The van der Waals surface area contributed by atoms with E-state index in [-0.39, 0.29) is 0 Å². The number of sulfonamides is 1. The number of hydrogen-bond acceptors (Lipinski definition) is 5. The number of thiazole rings is 1. The minimum Gasteiger partial charge on any atom is -0.309 e. The van der Waals surface area contributed by atoms with E-state index in [0.717, 1.165) is 16.8 Å². The maximum absolute atomic E-state index is 10.8. The molecule has 0 fully saturated rings. The van der Waals surface area contributed by atoms with Crippen LogP contribution >= 0.6 is 11.3 Å². The van der Waals surface area contributed by atoms with Gasteiger partial charge >= 0.3 is 0 Å². The first-order chi connectivity index (χ1) is 8.54. The third-order valence-electron chi connectivity index (χ3n) is 2.28. The lowest BCUT2D eigenvalue weighted by atomic mass is 10.3. The highest BCUT2D eigenvalue weighted by Gasteiger charge is 2.02. The maximum atomic E-state index is 10.8. The summed E-state index contributed by atoms with van der Waals surface area (Å²) < 4.78 is 25.3. The molecule has 1 aromatic heterocycles. The number of benzene rings is 1. The Balaban J connectivity index is 1.80. The summed E-state index contributed by atoms with van der Waals surface area (Å²) >= 11 is 1.65. The highest BCUT2D eigenvalue weighted by Crippen LogP contribution is 2.20. The third-order valence-corrected chi connectivity index (χ3v) is 4.05. The van der Waals surface area contributed by atoms with Crippen LogP contribution < -0.4 is 10.0 Å². The highest BCUT2D eigenvalue weighted by atomic mass is 32.2. The molecule has 0 aliphatic rings.